The SMILES string of the molecule is Cc1c(-c2ccccn2)nc2c(F)cccc2c1Nc1cc(N2CCOCC2)ccc1N1CCOCC1.O=[N+]([O-])c1cc(N2CCOCC2)ccc1N1CCOCC1. The number of nitrogens with zero attached hydrogens (tertiary/aromatic N) is 7. The van der Waals surface area contributed by atoms with Crippen LogP contribution in [0, 0.1) is 22.9 Å². The van der Waals surface area contributed by atoms with Gasteiger partial charge in [-0.2, -0.15) is 0 Å². The van der Waals surface area contributed by atoms with Crippen LogP contribution in [0.15, 0.2) is 79.0 Å². The minimum atomic E-state index is -0.354. The molecule has 15 heteroatoms. The van der Waals surface area contributed by atoms with Gasteiger partial charge >= 0.3 is 0 Å². The normalized spacial score (nSPS) is 17.5. The van der Waals surface area contributed by atoms with Crippen molar-refractivity contribution in [2.75, 3.05) is 130 Å². The monoisotopic (exact) mass is 792 g/mol. The van der Waals surface area contributed by atoms with Crippen LogP contribution < -0.4 is 24.9 Å². The number of halogens is 1. The van der Waals surface area contributed by atoms with Crippen LogP contribution in [0.4, 0.5) is 44.2 Å². The Kier molecular flexibility index (Phi) is 12.4. The van der Waals surface area contributed by atoms with Gasteiger partial charge in [0, 0.05) is 86.9 Å². The molecule has 4 fully saturated rings. The van der Waals surface area contributed by atoms with Gasteiger partial charge in [-0.1, -0.05) is 18.2 Å². The van der Waals surface area contributed by atoms with E-state index in [4.69, 9.17) is 23.9 Å². The van der Waals surface area contributed by atoms with Crippen LogP contribution in [0.5, 0.6) is 0 Å². The molecule has 0 spiro atoms. The van der Waals surface area contributed by atoms with E-state index in [1.807, 2.05) is 48.2 Å². The lowest BCUT2D eigenvalue weighted by Crippen LogP contribution is -2.37. The maximum absolute atomic E-state index is 15.1. The second kappa shape index (κ2) is 18.3. The first-order valence-corrected chi connectivity index (χ1v) is 19.9. The first-order valence-electron chi connectivity index (χ1n) is 19.9. The van der Waals surface area contributed by atoms with Crippen molar-refractivity contribution in [1.82, 2.24) is 9.97 Å². The van der Waals surface area contributed by atoms with Crippen molar-refractivity contribution < 1.29 is 28.3 Å². The minimum Gasteiger partial charge on any atom is -0.378 e. The summed E-state index contributed by atoms with van der Waals surface area (Å²) in [6.45, 7) is 13.7. The highest BCUT2D eigenvalue weighted by molar-refractivity contribution is 5.99. The number of nitro groups is 1. The van der Waals surface area contributed by atoms with Gasteiger partial charge in [-0.25, -0.2) is 9.37 Å². The molecule has 2 aromatic heterocycles. The van der Waals surface area contributed by atoms with Gasteiger partial charge < -0.3 is 43.9 Å². The van der Waals surface area contributed by atoms with Crippen LogP contribution in [0.1, 0.15) is 5.56 Å². The zero-order valence-corrected chi connectivity index (χ0v) is 32.8. The number of para-hydroxylation sites is 1. The summed E-state index contributed by atoms with van der Waals surface area (Å²) in [4.78, 5) is 29.2. The van der Waals surface area contributed by atoms with Crippen LogP contribution in [0.25, 0.3) is 22.3 Å². The van der Waals surface area contributed by atoms with Gasteiger partial charge in [0.1, 0.15) is 17.0 Å². The quantitative estimate of drug-likeness (QED) is 0.137. The van der Waals surface area contributed by atoms with Crippen molar-refractivity contribution in [2.45, 2.75) is 6.92 Å². The molecule has 5 aromatic rings. The number of morpholine rings is 4. The second-order valence-electron chi connectivity index (χ2n) is 14.5. The average molecular weight is 793 g/mol. The van der Waals surface area contributed by atoms with E-state index in [9.17, 15) is 10.1 Å². The van der Waals surface area contributed by atoms with Crippen molar-refractivity contribution in [2.24, 2.45) is 0 Å². The Morgan fingerprint density at radius 2 is 1.22 bits per heavy atom. The summed E-state index contributed by atoms with van der Waals surface area (Å²) >= 11 is 0. The van der Waals surface area contributed by atoms with Gasteiger partial charge in [0.2, 0.25) is 0 Å². The highest BCUT2D eigenvalue weighted by Gasteiger charge is 2.25. The molecule has 9 rings (SSSR count). The molecule has 0 radical (unpaired) electrons. The van der Waals surface area contributed by atoms with Crippen molar-refractivity contribution in [3.63, 3.8) is 0 Å². The molecule has 14 nitrogen and oxygen atoms in total. The van der Waals surface area contributed by atoms with Crippen LogP contribution >= 0.6 is 0 Å². The molecule has 58 heavy (non-hydrogen) atoms. The van der Waals surface area contributed by atoms with E-state index in [1.54, 1.807) is 18.3 Å². The molecule has 0 amide bonds. The number of pyridine rings is 2. The molecule has 0 aliphatic carbocycles. The molecule has 0 bridgehead atoms. The standard InChI is InChI=1S/C29H30FN5O2.C14H19N3O4/c1-20-27(22-5-4-6-23(30)29(22)33-28(20)24-7-2-3-10-31-24)32-25-19-21(34-11-15-36-16-12-34)8-9-26(25)35-13-17-37-18-14-35;18-17(19)14-11-12(15-3-7-20-8-4-15)1-2-13(14)16-5-9-21-10-6-16/h2-10,19H,11-18H2,1H3,(H,32,33);1-2,11H,3-10H2. The van der Waals surface area contributed by atoms with E-state index in [2.05, 4.69) is 43.2 Å². The molecule has 3 aromatic carbocycles. The van der Waals surface area contributed by atoms with E-state index < -0.39 is 0 Å². The third-order valence-electron chi connectivity index (χ3n) is 11.0. The number of ether oxygens (including phenoxy) is 4. The van der Waals surface area contributed by atoms with Gasteiger partial charge in [0.25, 0.3) is 5.69 Å². The number of nitro benzene ring substituents is 1. The van der Waals surface area contributed by atoms with Gasteiger partial charge in [-0.3, -0.25) is 15.1 Å². The van der Waals surface area contributed by atoms with E-state index in [0.29, 0.717) is 75.3 Å². The molecule has 304 valence electrons. The van der Waals surface area contributed by atoms with Crippen LogP contribution in [0.3, 0.4) is 0 Å². The maximum Gasteiger partial charge on any atom is 0.294 e. The Morgan fingerprint density at radius 3 is 1.79 bits per heavy atom. The van der Waals surface area contributed by atoms with Gasteiger partial charge in [-0.15, -0.1) is 0 Å². The van der Waals surface area contributed by atoms with Crippen molar-refractivity contribution in [3.8, 4) is 11.4 Å². The molecule has 1 N–H and O–H groups in total. The lowest BCUT2D eigenvalue weighted by atomic mass is 10.0. The van der Waals surface area contributed by atoms with Crippen LogP contribution in [-0.4, -0.2) is 120 Å². The van der Waals surface area contributed by atoms with Crippen LogP contribution in [0.2, 0.25) is 0 Å². The second-order valence-corrected chi connectivity index (χ2v) is 14.5. The predicted molar refractivity (Wildman–Crippen MR) is 225 cm³/mol. The summed E-state index contributed by atoms with van der Waals surface area (Å²) < 4.78 is 36.9. The lowest BCUT2D eigenvalue weighted by Gasteiger charge is -2.33. The van der Waals surface area contributed by atoms with Crippen molar-refractivity contribution >= 4 is 50.7 Å². The summed E-state index contributed by atoms with van der Waals surface area (Å²) in [5.74, 6) is -0.354. The molecule has 0 saturated carbocycles. The zero-order chi connectivity index (χ0) is 39.8. The topological polar surface area (TPSA) is 131 Å². The van der Waals surface area contributed by atoms with E-state index in [1.165, 1.54) is 6.07 Å². The zero-order valence-electron chi connectivity index (χ0n) is 32.8. The molecule has 0 atom stereocenters. The first kappa shape index (κ1) is 39.2. The summed E-state index contributed by atoms with van der Waals surface area (Å²) in [5.41, 5.74) is 8.40. The van der Waals surface area contributed by atoms with Crippen molar-refractivity contribution in [1.29, 1.82) is 0 Å². The number of anilines is 6. The Balaban J connectivity index is 0.000000189. The van der Waals surface area contributed by atoms with Gasteiger partial charge in [0.05, 0.1) is 86.2 Å². The fourth-order valence-electron chi connectivity index (χ4n) is 7.87. The molecule has 6 heterocycles. The van der Waals surface area contributed by atoms with E-state index in [0.717, 1.165) is 91.9 Å². The summed E-state index contributed by atoms with van der Waals surface area (Å²) in [6, 6.07) is 22.8. The predicted octanol–water partition coefficient (Wildman–Crippen LogP) is 6.43. The number of fused-ring (bicyclic) bond motifs is 1. The van der Waals surface area contributed by atoms with E-state index >= 15 is 4.39 Å². The van der Waals surface area contributed by atoms with Crippen molar-refractivity contribution in [3.05, 3.63) is 100 Å². The number of hydrogen-bond donors (Lipinski definition) is 1. The maximum atomic E-state index is 15.1. The Morgan fingerprint density at radius 1 is 0.672 bits per heavy atom. The Hall–Kier alpha value is -5.61. The fourth-order valence-corrected chi connectivity index (χ4v) is 7.87. The number of rotatable bonds is 8. The smallest absolute Gasteiger partial charge is 0.294 e. The Labute approximate surface area is 337 Å². The number of hydrogen-bond acceptors (Lipinski definition) is 13. The van der Waals surface area contributed by atoms with Gasteiger partial charge in [-0.05, 0) is 55.5 Å². The third kappa shape index (κ3) is 8.77. The average Bonchev–Trinajstić information content (AvgIpc) is 3.29. The fraction of sp³-hybridized carbons (Fsp3) is 0.395. The number of nitrogens with one attached hydrogen (secondary N) is 1. The lowest BCUT2D eigenvalue weighted by molar-refractivity contribution is -0.384. The highest BCUT2D eigenvalue weighted by Crippen LogP contribution is 2.40. The Bertz CT molecular complexity index is 2190. The van der Waals surface area contributed by atoms with E-state index in [-0.39, 0.29) is 16.4 Å². The number of aromatic nitrogens is 2. The number of benzene rings is 3. The largest absolute Gasteiger partial charge is 0.378 e. The first-order chi connectivity index (χ1) is 28.4. The molecular formula is C43H49FN8O6. The van der Waals surface area contributed by atoms with Gasteiger partial charge in [0.15, 0.2) is 0 Å². The highest BCUT2D eigenvalue weighted by atomic mass is 19.1. The summed E-state index contributed by atoms with van der Waals surface area (Å²) in [5, 5.41) is 15.9. The molecule has 4 aliphatic heterocycles. The molecule has 4 aliphatic rings. The summed E-state index contributed by atoms with van der Waals surface area (Å²) in [7, 11) is 0. The molecule has 4 saturated heterocycles. The summed E-state index contributed by atoms with van der Waals surface area (Å²) in [6.07, 6.45) is 1.73. The molecular weight excluding hydrogens is 744 g/mol. The minimum absolute atomic E-state index is 0.167. The molecule has 0 unspecified atom stereocenters. The third-order valence-corrected chi connectivity index (χ3v) is 11.0. The van der Waals surface area contributed by atoms with Crippen LogP contribution in [-0.2, 0) is 18.9 Å².